The number of ether oxygens (including phenoxy) is 1. The Morgan fingerprint density at radius 3 is 2.61 bits per heavy atom. The molecule has 0 saturated heterocycles. The van der Waals surface area contributed by atoms with Gasteiger partial charge < -0.3 is 10.5 Å². The van der Waals surface area contributed by atoms with Crippen molar-refractivity contribution in [1.29, 1.82) is 0 Å². The second-order valence-corrected chi connectivity index (χ2v) is 4.80. The highest BCUT2D eigenvalue weighted by molar-refractivity contribution is 6.32. The van der Waals surface area contributed by atoms with Crippen molar-refractivity contribution >= 4 is 11.6 Å². The second-order valence-electron chi connectivity index (χ2n) is 4.40. The zero-order valence-electron chi connectivity index (χ0n) is 10.5. The molecule has 18 heavy (non-hydrogen) atoms. The third kappa shape index (κ3) is 3.03. The van der Waals surface area contributed by atoms with E-state index in [9.17, 15) is 0 Å². The first-order chi connectivity index (χ1) is 8.56. The van der Waals surface area contributed by atoms with Gasteiger partial charge in [0.1, 0.15) is 11.5 Å². The topological polar surface area (TPSA) is 35.2 Å². The van der Waals surface area contributed by atoms with Crippen LogP contribution in [0.2, 0.25) is 5.02 Å². The molecule has 0 spiro atoms. The smallest absolute Gasteiger partial charge is 0.146 e. The molecular weight excluding hydrogens is 246 g/mol. The molecule has 3 heteroatoms. The lowest BCUT2D eigenvalue weighted by Crippen LogP contribution is -2.04. The zero-order chi connectivity index (χ0) is 13.1. The molecule has 0 aliphatic heterocycles. The highest BCUT2D eigenvalue weighted by Crippen LogP contribution is 2.30. The monoisotopic (exact) mass is 261 g/mol. The lowest BCUT2D eigenvalue weighted by molar-refractivity contribution is 0.481. The van der Waals surface area contributed by atoms with Crippen molar-refractivity contribution in [2.45, 2.75) is 19.9 Å². The van der Waals surface area contributed by atoms with E-state index >= 15 is 0 Å². The summed E-state index contributed by atoms with van der Waals surface area (Å²) in [6, 6.07) is 13.4. The summed E-state index contributed by atoms with van der Waals surface area (Å²) in [5.74, 6) is 1.40. The van der Waals surface area contributed by atoms with Crippen LogP contribution < -0.4 is 10.5 Å². The van der Waals surface area contributed by atoms with Crippen molar-refractivity contribution < 1.29 is 4.74 Å². The van der Waals surface area contributed by atoms with Gasteiger partial charge in [-0.2, -0.15) is 0 Å². The highest BCUT2D eigenvalue weighted by Gasteiger charge is 2.05. The highest BCUT2D eigenvalue weighted by atomic mass is 35.5. The number of hydrogen-bond donors (Lipinski definition) is 1. The molecule has 94 valence electrons. The maximum absolute atomic E-state index is 6.13. The van der Waals surface area contributed by atoms with Crippen LogP contribution in [-0.4, -0.2) is 0 Å². The molecule has 0 aromatic heterocycles. The lowest BCUT2D eigenvalue weighted by Gasteiger charge is -2.11. The Balaban J connectivity index is 2.25. The average molecular weight is 262 g/mol. The van der Waals surface area contributed by atoms with Crippen LogP contribution in [0.4, 0.5) is 0 Å². The Morgan fingerprint density at radius 1 is 1.17 bits per heavy atom. The fraction of sp³-hybridized carbons (Fsp3) is 0.200. The van der Waals surface area contributed by atoms with E-state index in [-0.39, 0.29) is 6.04 Å². The van der Waals surface area contributed by atoms with Crippen molar-refractivity contribution in [3.63, 3.8) is 0 Å². The molecule has 0 radical (unpaired) electrons. The Kier molecular flexibility index (Phi) is 3.90. The van der Waals surface area contributed by atoms with Gasteiger partial charge >= 0.3 is 0 Å². The molecule has 2 aromatic carbocycles. The summed E-state index contributed by atoms with van der Waals surface area (Å²) >= 11 is 6.13. The third-order valence-corrected chi connectivity index (χ3v) is 2.99. The van der Waals surface area contributed by atoms with Gasteiger partial charge in [-0.15, -0.1) is 0 Å². The Labute approximate surface area is 112 Å². The quantitative estimate of drug-likeness (QED) is 0.885. The number of aryl methyl sites for hydroxylation is 1. The minimum atomic E-state index is -0.0120. The Morgan fingerprint density at radius 2 is 1.94 bits per heavy atom. The van der Waals surface area contributed by atoms with Gasteiger partial charge in [0.05, 0.1) is 5.02 Å². The fourth-order valence-corrected chi connectivity index (χ4v) is 1.95. The first-order valence-corrected chi connectivity index (χ1v) is 6.23. The van der Waals surface area contributed by atoms with Crippen molar-refractivity contribution in [3.05, 3.63) is 58.6 Å². The van der Waals surface area contributed by atoms with Crippen LogP contribution in [0.1, 0.15) is 24.1 Å². The largest absolute Gasteiger partial charge is 0.456 e. The molecule has 2 nitrogen and oxygen atoms in total. The predicted molar refractivity (Wildman–Crippen MR) is 75.3 cm³/mol. The number of hydrogen-bond acceptors (Lipinski definition) is 2. The first kappa shape index (κ1) is 12.9. The summed E-state index contributed by atoms with van der Waals surface area (Å²) in [4.78, 5) is 0. The third-order valence-electron chi connectivity index (χ3n) is 2.70. The number of halogens is 1. The van der Waals surface area contributed by atoms with E-state index < -0.39 is 0 Å². The van der Waals surface area contributed by atoms with E-state index in [1.165, 1.54) is 0 Å². The summed E-state index contributed by atoms with van der Waals surface area (Å²) in [5.41, 5.74) is 7.99. The molecule has 0 bridgehead atoms. The van der Waals surface area contributed by atoms with Gasteiger partial charge in [0.2, 0.25) is 0 Å². The van der Waals surface area contributed by atoms with Gasteiger partial charge in [-0.05, 0) is 49.2 Å². The maximum atomic E-state index is 6.13. The Bertz CT molecular complexity index is 552. The van der Waals surface area contributed by atoms with Crippen LogP contribution >= 0.6 is 11.6 Å². The van der Waals surface area contributed by atoms with Crippen LogP contribution in [0.5, 0.6) is 11.5 Å². The Hall–Kier alpha value is -1.51. The molecule has 2 aromatic rings. The predicted octanol–water partition coefficient (Wildman–Crippen LogP) is 4.46. The molecule has 0 aliphatic rings. The lowest BCUT2D eigenvalue weighted by atomic mass is 10.1. The van der Waals surface area contributed by atoms with E-state index in [1.807, 2.05) is 56.3 Å². The van der Waals surface area contributed by atoms with E-state index in [2.05, 4.69) is 0 Å². The van der Waals surface area contributed by atoms with Crippen molar-refractivity contribution in [2.24, 2.45) is 5.73 Å². The number of nitrogens with two attached hydrogens (primary N) is 1. The number of benzene rings is 2. The first-order valence-electron chi connectivity index (χ1n) is 5.86. The number of rotatable bonds is 3. The van der Waals surface area contributed by atoms with Crippen LogP contribution in [-0.2, 0) is 0 Å². The van der Waals surface area contributed by atoms with Gasteiger partial charge in [-0.25, -0.2) is 0 Å². The van der Waals surface area contributed by atoms with Crippen molar-refractivity contribution in [1.82, 2.24) is 0 Å². The molecule has 1 unspecified atom stereocenters. The van der Waals surface area contributed by atoms with Crippen LogP contribution in [0.3, 0.4) is 0 Å². The normalized spacial score (nSPS) is 12.2. The van der Waals surface area contributed by atoms with Gasteiger partial charge in [0.25, 0.3) is 0 Å². The van der Waals surface area contributed by atoms with Gasteiger partial charge in [0.15, 0.2) is 0 Å². The average Bonchev–Trinajstić information content (AvgIpc) is 2.33. The van der Waals surface area contributed by atoms with Crippen LogP contribution in [0, 0.1) is 6.92 Å². The zero-order valence-corrected chi connectivity index (χ0v) is 11.2. The van der Waals surface area contributed by atoms with Crippen LogP contribution in [0.25, 0.3) is 0 Å². The molecule has 0 amide bonds. The van der Waals surface area contributed by atoms with Crippen LogP contribution in [0.15, 0.2) is 42.5 Å². The van der Waals surface area contributed by atoms with E-state index in [0.717, 1.165) is 16.9 Å². The van der Waals surface area contributed by atoms with Crippen molar-refractivity contribution in [2.75, 3.05) is 0 Å². The molecule has 0 heterocycles. The van der Waals surface area contributed by atoms with Crippen molar-refractivity contribution in [3.8, 4) is 11.5 Å². The summed E-state index contributed by atoms with van der Waals surface area (Å²) in [7, 11) is 0. The molecule has 2 N–H and O–H groups in total. The van der Waals surface area contributed by atoms with Gasteiger partial charge in [-0.3, -0.25) is 0 Å². The summed E-state index contributed by atoms with van der Waals surface area (Å²) in [5, 5.41) is 0.612. The van der Waals surface area contributed by atoms with E-state index in [4.69, 9.17) is 22.1 Å². The molecule has 0 saturated carbocycles. The molecule has 1 atom stereocenters. The standard InChI is InChI=1S/C15H16ClNO/c1-10-6-7-15(14(16)8-10)18-13-5-3-4-12(9-13)11(2)17/h3-9,11H,17H2,1-2H3. The summed E-state index contributed by atoms with van der Waals surface area (Å²) < 4.78 is 5.77. The SMILES string of the molecule is Cc1ccc(Oc2cccc(C(C)N)c2)c(Cl)c1. The molecule has 2 rings (SSSR count). The minimum Gasteiger partial charge on any atom is -0.456 e. The maximum Gasteiger partial charge on any atom is 0.146 e. The molecule has 0 aliphatic carbocycles. The second kappa shape index (κ2) is 5.42. The summed E-state index contributed by atoms with van der Waals surface area (Å²) in [6.07, 6.45) is 0. The minimum absolute atomic E-state index is 0.0120. The molecular formula is C15H16ClNO. The fourth-order valence-electron chi connectivity index (χ4n) is 1.68. The summed E-state index contributed by atoms with van der Waals surface area (Å²) in [6.45, 7) is 3.93. The van der Waals surface area contributed by atoms with Gasteiger partial charge in [0, 0.05) is 6.04 Å². The van der Waals surface area contributed by atoms with E-state index in [1.54, 1.807) is 0 Å². The van der Waals surface area contributed by atoms with Gasteiger partial charge in [-0.1, -0.05) is 29.8 Å². The van der Waals surface area contributed by atoms with E-state index in [0.29, 0.717) is 10.8 Å². The molecule has 0 fully saturated rings.